The average molecular weight is 276 g/mol. The number of nitrogens with one attached hydrogen (secondary N) is 1. The number of carbonyl (C=O) groups excluding carboxylic acids is 1. The zero-order chi connectivity index (χ0) is 14.1. The second kappa shape index (κ2) is 5.07. The Balaban J connectivity index is 1.69. The van der Waals surface area contributed by atoms with Crippen molar-refractivity contribution in [3.8, 4) is 0 Å². The van der Waals surface area contributed by atoms with E-state index in [1.807, 2.05) is 0 Å². The van der Waals surface area contributed by atoms with Crippen molar-refractivity contribution in [3.05, 3.63) is 28.6 Å². The molecule has 1 saturated heterocycles. The molecule has 0 unspecified atom stereocenters. The van der Waals surface area contributed by atoms with Gasteiger partial charge in [0.15, 0.2) is 0 Å². The number of carbonyl (C=O) groups is 1. The summed E-state index contributed by atoms with van der Waals surface area (Å²) in [6.07, 6.45) is 6.20. The van der Waals surface area contributed by atoms with Gasteiger partial charge >= 0.3 is 11.7 Å². The molecule has 7 nitrogen and oxygen atoms in total. The summed E-state index contributed by atoms with van der Waals surface area (Å²) < 4.78 is 0. The fourth-order valence-corrected chi connectivity index (χ4v) is 3.23. The number of urea groups is 1. The lowest BCUT2D eigenvalue weighted by Crippen LogP contribution is -2.33. The summed E-state index contributed by atoms with van der Waals surface area (Å²) in [5.41, 5.74) is 0.0206. The van der Waals surface area contributed by atoms with Gasteiger partial charge in [0.2, 0.25) is 0 Å². The molecule has 1 aromatic rings. The summed E-state index contributed by atoms with van der Waals surface area (Å²) in [6, 6.07) is 1.20. The molecule has 2 heterocycles. The Morgan fingerprint density at radius 3 is 2.75 bits per heavy atom. The largest absolute Gasteiger partial charge is 0.324 e. The van der Waals surface area contributed by atoms with Crippen LogP contribution in [0.1, 0.15) is 19.3 Å². The first-order chi connectivity index (χ1) is 9.65. The van der Waals surface area contributed by atoms with Crippen LogP contribution in [0.3, 0.4) is 0 Å². The molecule has 0 aromatic carbocycles. The molecule has 0 radical (unpaired) electrons. The number of nitro groups is 1. The van der Waals surface area contributed by atoms with E-state index in [1.165, 1.54) is 31.5 Å². The zero-order valence-electron chi connectivity index (χ0n) is 11.0. The topological polar surface area (TPSA) is 88.4 Å². The van der Waals surface area contributed by atoms with E-state index in [0.29, 0.717) is 11.8 Å². The molecule has 1 saturated carbocycles. The molecule has 2 fully saturated rings. The molecule has 106 valence electrons. The Morgan fingerprint density at radius 1 is 1.40 bits per heavy atom. The summed E-state index contributed by atoms with van der Waals surface area (Å²) in [4.78, 5) is 28.0. The number of amides is 2. The number of hydrogen-bond acceptors (Lipinski definition) is 4. The van der Waals surface area contributed by atoms with Crippen molar-refractivity contribution < 1.29 is 9.72 Å². The number of anilines is 1. The number of nitrogens with zero attached hydrogens (tertiary/aromatic N) is 3. The third kappa shape index (κ3) is 2.31. The van der Waals surface area contributed by atoms with E-state index < -0.39 is 4.92 Å². The number of pyridine rings is 1. The fourth-order valence-electron chi connectivity index (χ4n) is 3.23. The highest BCUT2D eigenvalue weighted by molar-refractivity contribution is 5.91. The van der Waals surface area contributed by atoms with Crippen molar-refractivity contribution in [1.29, 1.82) is 0 Å². The maximum atomic E-state index is 12.2. The van der Waals surface area contributed by atoms with Crippen molar-refractivity contribution in [3.63, 3.8) is 0 Å². The van der Waals surface area contributed by atoms with Crippen molar-refractivity contribution >= 4 is 17.4 Å². The predicted molar refractivity (Wildman–Crippen MR) is 72.3 cm³/mol. The first kappa shape index (κ1) is 12.8. The first-order valence-electron chi connectivity index (χ1n) is 6.79. The molecule has 0 spiro atoms. The van der Waals surface area contributed by atoms with Crippen molar-refractivity contribution in [2.45, 2.75) is 19.3 Å². The Morgan fingerprint density at radius 2 is 2.10 bits per heavy atom. The van der Waals surface area contributed by atoms with Crippen LogP contribution in [0.2, 0.25) is 0 Å². The number of hydrogen-bond donors (Lipinski definition) is 1. The van der Waals surface area contributed by atoms with Crippen LogP contribution in [0.4, 0.5) is 16.2 Å². The highest BCUT2D eigenvalue weighted by atomic mass is 16.6. The van der Waals surface area contributed by atoms with E-state index in [9.17, 15) is 14.9 Å². The van der Waals surface area contributed by atoms with Gasteiger partial charge in [0.1, 0.15) is 11.9 Å². The van der Waals surface area contributed by atoms with Crippen molar-refractivity contribution in [2.24, 2.45) is 11.8 Å². The van der Waals surface area contributed by atoms with Gasteiger partial charge in [-0.1, -0.05) is 6.42 Å². The quantitative estimate of drug-likeness (QED) is 0.662. The summed E-state index contributed by atoms with van der Waals surface area (Å²) in [5.74, 6) is 1.21. The molecule has 3 rings (SSSR count). The molecule has 20 heavy (non-hydrogen) atoms. The Labute approximate surface area is 116 Å². The lowest BCUT2D eigenvalue weighted by atomic mass is 10.0. The van der Waals surface area contributed by atoms with Crippen LogP contribution in [-0.2, 0) is 0 Å². The van der Waals surface area contributed by atoms with Crippen LogP contribution < -0.4 is 5.32 Å². The minimum Gasteiger partial charge on any atom is -0.324 e. The van der Waals surface area contributed by atoms with E-state index in [4.69, 9.17) is 0 Å². The van der Waals surface area contributed by atoms with Crippen molar-refractivity contribution in [1.82, 2.24) is 9.88 Å². The van der Waals surface area contributed by atoms with Gasteiger partial charge in [-0.25, -0.2) is 4.79 Å². The van der Waals surface area contributed by atoms with Gasteiger partial charge < -0.3 is 10.2 Å². The molecule has 1 N–H and O–H groups in total. The van der Waals surface area contributed by atoms with Crippen LogP contribution >= 0.6 is 0 Å². The summed E-state index contributed by atoms with van der Waals surface area (Å²) in [6.45, 7) is 1.52. The fraction of sp³-hybridized carbons (Fsp3) is 0.538. The number of fused-ring (bicyclic) bond motifs is 1. The van der Waals surface area contributed by atoms with Crippen molar-refractivity contribution in [2.75, 3.05) is 18.4 Å². The molecule has 7 heteroatoms. The molecule has 2 amide bonds. The smallest absolute Gasteiger partial charge is 0.322 e. The van der Waals surface area contributed by atoms with Crippen LogP contribution in [0.25, 0.3) is 0 Å². The first-order valence-corrected chi connectivity index (χ1v) is 6.79. The third-order valence-corrected chi connectivity index (χ3v) is 4.25. The van der Waals surface area contributed by atoms with Crippen LogP contribution in [-0.4, -0.2) is 33.9 Å². The van der Waals surface area contributed by atoms with Gasteiger partial charge in [-0.2, -0.15) is 0 Å². The Kier molecular flexibility index (Phi) is 3.25. The highest BCUT2D eigenvalue weighted by Gasteiger charge is 2.38. The normalized spacial score (nSPS) is 24.5. The molecule has 1 aliphatic heterocycles. The summed E-state index contributed by atoms with van der Waals surface area (Å²) in [7, 11) is 0. The second-order valence-corrected chi connectivity index (χ2v) is 5.44. The number of aromatic nitrogens is 1. The van der Waals surface area contributed by atoms with Gasteiger partial charge in [0, 0.05) is 19.3 Å². The predicted octanol–water partition coefficient (Wildman–Crippen LogP) is 2.25. The summed E-state index contributed by atoms with van der Waals surface area (Å²) in [5, 5.41) is 13.5. The molecule has 0 bridgehead atoms. The standard InChI is InChI=1S/C13H16N4O3/c18-13(16-7-9-2-1-3-10(9)8-16)15-11-4-5-14-6-12(11)17(19)20/h4-6,9-10H,1-3,7-8H2,(H,14,15,18)/t9-,10-/m0/s1. The van der Waals surface area contributed by atoms with Crippen LogP contribution in [0.5, 0.6) is 0 Å². The van der Waals surface area contributed by atoms with Gasteiger partial charge in [0.25, 0.3) is 0 Å². The highest BCUT2D eigenvalue weighted by Crippen LogP contribution is 2.38. The molecule has 1 aliphatic carbocycles. The van der Waals surface area contributed by atoms with Crippen LogP contribution in [0, 0.1) is 22.0 Å². The van der Waals surface area contributed by atoms with E-state index >= 15 is 0 Å². The number of rotatable bonds is 2. The van der Waals surface area contributed by atoms with Gasteiger partial charge in [-0.3, -0.25) is 15.1 Å². The lowest BCUT2D eigenvalue weighted by molar-refractivity contribution is -0.384. The third-order valence-electron chi connectivity index (χ3n) is 4.25. The Bertz CT molecular complexity index is 536. The van der Waals surface area contributed by atoms with Gasteiger partial charge in [0.05, 0.1) is 4.92 Å². The molecule has 1 aromatic heterocycles. The molecule has 2 aliphatic rings. The zero-order valence-corrected chi connectivity index (χ0v) is 11.0. The van der Waals surface area contributed by atoms with Gasteiger partial charge in [-0.15, -0.1) is 0 Å². The SMILES string of the molecule is O=C(Nc1ccncc1[N+](=O)[O-])N1C[C@@H]2CCC[C@H]2C1. The minimum absolute atomic E-state index is 0.180. The molecular weight excluding hydrogens is 260 g/mol. The monoisotopic (exact) mass is 276 g/mol. The van der Waals surface area contributed by atoms with E-state index in [2.05, 4.69) is 10.3 Å². The molecular formula is C13H16N4O3. The van der Waals surface area contributed by atoms with Gasteiger partial charge in [-0.05, 0) is 30.7 Å². The van der Waals surface area contributed by atoms with E-state index in [-0.39, 0.29) is 17.4 Å². The maximum absolute atomic E-state index is 12.2. The van der Waals surface area contributed by atoms with E-state index in [1.54, 1.807) is 4.90 Å². The second-order valence-electron chi connectivity index (χ2n) is 5.44. The Hall–Kier alpha value is -2.18. The molecule has 2 atom stereocenters. The van der Waals surface area contributed by atoms with Crippen LogP contribution in [0.15, 0.2) is 18.5 Å². The van der Waals surface area contributed by atoms with E-state index in [0.717, 1.165) is 19.3 Å². The maximum Gasteiger partial charge on any atom is 0.322 e. The summed E-state index contributed by atoms with van der Waals surface area (Å²) >= 11 is 0. The average Bonchev–Trinajstić information content (AvgIpc) is 2.99. The minimum atomic E-state index is -0.540. The lowest BCUT2D eigenvalue weighted by Gasteiger charge is -2.17. The number of likely N-dealkylation sites (tertiary alicyclic amines) is 1.